The summed E-state index contributed by atoms with van der Waals surface area (Å²) in [4.78, 5) is 2.83. The average molecular weight is 236 g/mol. The lowest BCUT2D eigenvalue weighted by Gasteiger charge is -2.38. The maximum Gasteiger partial charge on any atom is 0.0123 e. The first-order chi connectivity index (χ1) is 8.43. The van der Waals surface area contributed by atoms with Crippen molar-refractivity contribution in [3.05, 3.63) is 0 Å². The van der Waals surface area contributed by atoms with Crippen molar-refractivity contribution in [3.8, 4) is 0 Å². The number of nitrogens with one attached hydrogen (secondary N) is 1. The van der Waals surface area contributed by atoms with Gasteiger partial charge in [-0.25, -0.2) is 0 Å². The van der Waals surface area contributed by atoms with Crippen LogP contribution >= 0.6 is 0 Å². The lowest BCUT2D eigenvalue weighted by molar-refractivity contribution is 0.106. The second-order valence-electron chi connectivity index (χ2n) is 6.37. The molecule has 0 aromatic heterocycles. The quantitative estimate of drug-likeness (QED) is 0.810. The lowest BCUT2D eigenvalue weighted by atomic mass is 9.91. The zero-order valence-corrected chi connectivity index (χ0v) is 11.2. The number of piperidine rings is 2. The molecule has 17 heavy (non-hydrogen) atoms. The van der Waals surface area contributed by atoms with Crippen molar-refractivity contribution < 1.29 is 0 Å². The zero-order valence-electron chi connectivity index (χ0n) is 11.2. The average Bonchev–Trinajstić information content (AvgIpc) is 2.86. The molecule has 2 nitrogen and oxygen atoms in total. The van der Waals surface area contributed by atoms with E-state index in [1.165, 1.54) is 77.4 Å². The van der Waals surface area contributed by atoms with E-state index in [-0.39, 0.29) is 0 Å². The van der Waals surface area contributed by atoms with Crippen LogP contribution in [0, 0.1) is 5.92 Å². The molecule has 0 aromatic carbocycles. The summed E-state index contributed by atoms with van der Waals surface area (Å²) < 4.78 is 0. The molecule has 1 saturated carbocycles. The fourth-order valence-electron chi connectivity index (χ4n) is 4.33. The Labute approximate surface area is 106 Å². The molecule has 3 fully saturated rings. The molecule has 0 spiro atoms. The molecule has 0 radical (unpaired) electrons. The molecule has 0 bridgehead atoms. The smallest absolute Gasteiger partial charge is 0.0123 e. The van der Waals surface area contributed by atoms with Gasteiger partial charge in [-0.2, -0.15) is 0 Å². The largest absolute Gasteiger partial charge is 0.314 e. The minimum absolute atomic E-state index is 0.825. The van der Waals surface area contributed by atoms with E-state index in [0.717, 1.165) is 18.0 Å². The van der Waals surface area contributed by atoms with Gasteiger partial charge in [0, 0.05) is 12.1 Å². The van der Waals surface area contributed by atoms with Gasteiger partial charge in [0.25, 0.3) is 0 Å². The molecule has 3 aliphatic rings. The van der Waals surface area contributed by atoms with E-state index in [0.29, 0.717) is 0 Å². The van der Waals surface area contributed by atoms with Crippen molar-refractivity contribution in [2.75, 3.05) is 19.6 Å². The molecule has 3 rings (SSSR count). The van der Waals surface area contributed by atoms with Gasteiger partial charge in [-0.15, -0.1) is 0 Å². The van der Waals surface area contributed by atoms with Gasteiger partial charge >= 0.3 is 0 Å². The first-order valence-corrected chi connectivity index (χ1v) is 7.91. The maximum absolute atomic E-state index is 3.69. The molecule has 2 heterocycles. The van der Waals surface area contributed by atoms with Gasteiger partial charge in [0.2, 0.25) is 0 Å². The van der Waals surface area contributed by atoms with E-state index in [9.17, 15) is 0 Å². The van der Waals surface area contributed by atoms with E-state index >= 15 is 0 Å². The Morgan fingerprint density at radius 3 is 2.76 bits per heavy atom. The summed E-state index contributed by atoms with van der Waals surface area (Å²) in [5, 5.41) is 3.69. The Balaban J connectivity index is 1.47. The standard InChI is InChI=1S/C15H28N2/c1-2-10-16-14(7-1)9-12-17-11-4-6-13-5-3-8-15(13)17/h13-16H,1-12H2. The third kappa shape index (κ3) is 2.85. The van der Waals surface area contributed by atoms with Crippen LogP contribution in [0.25, 0.3) is 0 Å². The van der Waals surface area contributed by atoms with Crippen LogP contribution in [0.1, 0.15) is 57.8 Å². The third-order valence-corrected chi connectivity index (χ3v) is 5.29. The van der Waals surface area contributed by atoms with Gasteiger partial charge in [0.15, 0.2) is 0 Å². The fourth-order valence-corrected chi connectivity index (χ4v) is 4.33. The second-order valence-corrected chi connectivity index (χ2v) is 6.37. The van der Waals surface area contributed by atoms with Crippen molar-refractivity contribution in [1.29, 1.82) is 0 Å². The summed E-state index contributed by atoms with van der Waals surface area (Å²) in [6.07, 6.45) is 13.1. The SMILES string of the molecule is C1CCC(CCN2CCCC3CCCC32)NC1. The number of fused-ring (bicyclic) bond motifs is 1. The van der Waals surface area contributed by atoms with Crippen LogP contribution in [0.3, 0.4) is 0 Å². The van der Waals surface area contributed by atoms with Crippen LogP contribution in [0.5, 0.6) is 0 Å². The summed E-state index contributed by atoms with van der Waals surface area (Å²) in [5.74, 6) is 1.06. The maximum atomic E-state index is 3.69. The molecule has 2 heteroatoms. The molecule has 3 atom stereocenters. The van der Waals surface area contributed by atoms with Gasteiger partial charge in [0.1, 0.15) is 0 Å². The van der Waals surface area contributed by atoms with Crippen molar-refractivity contribution >= 4 is 0 Å². The highest BCUT2D eigenvalue weighted by molar-refractivity contribution is 4.89. The lowest BCUT2D eigenvalue weighted by Crippen LogP contribution is -2.45. The van der Waals surface area contributed by atoms with E-state index in [1.54, 1.807) is 0 Å². The molecule has 1 aliphatic carbocycles. The van der Waals surface area contributed by atoms with Gasteiger partial charge in [0.05, 0.1) is 0 Å². The number of rotatable bonds is 3. The molecule has 0 amide bonds. The fraction of sp³-hybridized carbons (Fsp3) is 1.00. The van der Waals surface area contributed by atoms with Crippen LogP contribution in [-0.2, 0) is 0 Å². The number of hydrogen-bond acceptors (Lipinski definition) is 2. The Morgan fingerprint density at radius 1 is 0.941 bits per heavy atom. The second kappa shape index (κ2) is 5.71. The van der Waals surface area contributed by atoms with Crippen LogP contribution < -0.4 is 5.32 Å². The highest BCUT2D eigenvalue weighted by atomic mass is 15.2. The van der Waals surface area contributed by atoms with Crippen molar-refractivity contribution in [3.63, 3.8) is 0 Å². The van der Waals surface area contributed by atoms with Crippen LogP contribution in [0.15, 0.2) is 0 Å². The van der Waals surface area contributed by atoms with Crippen molar-refractivity contribution in [1.82, 2.24) is 10.2 Å². The topological polar surface area (TPSA) is 15.3 Å². The molecule has 2 saturated heterocycles. The predicted molar refractivity (Wildman–Crippen MR) is 72.2 cm³/mol. The van der Waals surface area contributed by atoms with Gasteiger partial charge < -0.3 is 10.2 Å². The number of hydrogen-bond donors (Lipinski definition) is 1. The molecule has 1 N–H and O–H groups in total. The minimum atomic E-state index is 0.825. The van der Waals surface area contributed by atoms with Crippen molar-refractivity contribution in [2.24, 2.45) is 5.92 Å². The number of likely N-dealkylation sites (tertiary alicyclic amines) is 1. The van der Waals surface area contributed by atoms with Crippen LogP contribution in [0.2, 0.25) is 0 Å². The first-order valence-electron chi connectivity index (χ1n) is 7.91. The molecular weight excluding hydrogens is 208 g/mol. The Morgan fingerprint density at radius 2 is 1.88 bits per heavy atom. The summed E-state index contributed by atoms with van der Waals surface area (Å²) in [5.41, 5.74) is 0. The predicted octanol–water partition coefficient (Wildman–Crippen LogP) is 2.78. The monoisotopic (exact) mass is 236 g/mol. The Bertz CT molecular complexity index is 235. The van der Waals surface area contributed by atoms with E-state index in [4.69, 9.17) is 0 Å². The molecule has 0 aromatic rings. The van der Waals surface area contributed by atoms with E-state index in [2.05, 4.69) is 10.2 Å². The van der Waals surface area contributed by atoms with Crippen molar-refractivity contribution in [2.45, 2.75) is 69.9 Å². The molecule has 2 aliphatic heterocycles. The van der Waals surface area contributed by atoms with E-state index in [1.807, 2.05) is 0 Å². The number of nitrogens with zero attached hydrogens (tertiary/aromatic N) is 1. The molecular formula is C15H28N2. The summed E-state index contributed by atoms with van der Waals surface area (Å²) in [6.45, 7) is 4.00. The Kier molecular flexibility index (Phi) is 4.02. The van der Waals surface area contributed by atoms with Gasteiger partial charge in [-0.3, -0.25) is 0 Å². The first kappa shape index (κ1) is 12.0. The highest BCUT2D eigenvalue weighted by Crippen LogP contribution is 2.36. The summed E-state index contributed by atoms with van der Waals surface area (Å²) in [6, 6.07) is 1.79. The zero-order chi connectivity index (χ0) is 11.5. The third-order valence-electron chi connectivity index (χ3n) is 5.29. The molecule has 3 unspecified atom stereocenters. The van der Waals surface area contributed by atoms with E-state index < -0.39 is 0 Å². The van der Waals surface area contributed by atoms with Crippen LogP contribution in [-0.4, -0.2) is 36.6 Å². The minimum Gasteiger partial charge on any atom is -0.314 e. The highest BCUT2D eigenvalue weighted by Gasteiger charge is 2.34. The molecule has 98 valence electrons. The van der Waals surface area contributed by atoms with Gasteiger partial charge in [-0.05, 0) is 70.5 Å². The summed E-state index contributed by atoms with van der Waals surface area (Å²) in [7, 11) is 0. The Hall–Kier alpha value is -0.0800. The van der Waals surface area contributed by atoms with Gasteiger partial charge in [-0.1, -0.05) is 12.8 Å². The normalized spacial score (nSPS) is 39.2. The van der Waals surface area contributed by atoms with Crippen LogP contribution in [0.4, 0.5) is 0 Å². The summed E-state index contributed by atoms with van der Waals surface area (Å²) >= 11 is 0.